The molecule has 12 N–H and O–H groups in total. The van der Waals surface area contributed by atoms with Gasteiger partial charge < -0.3 is 43.2 Å². The van der Waals surface area contributed by atoms with Crippen LogP contribution in [0.15, 0.2) is 12.5 Å². The number of thiol groups is 1. The third-order valence-electron chi connectivity index (χ3n) is 2.83. The average Bonchev–Trinajstić information content (AvgIpc) is 3.12. The number of carboxylic acid groups (broad SMARTS) is 3. The first kappa shape index (κ1) is 27.5. The highest BCUT2D eigenvalue weighted by Crippen LogP contribution is 1.95. The summed E-state index contributed by atoms with van der Waals surface area (Å²) in [5.41, 5.74) is 20.7. The number of nitrogens with two attached hydrogens (primary N) is 4. The van der Waals surface area contributed by atoms with Crippen LogP contribution in [0.1, 0.15) is 18.5 Å². The Balaban J connectivity index is 0. The summed E-state index contributed by atoms with van der Waals surface area (Å²) in [4.78, 5) is 46.7. The van der Waals surface area contributed by atoms with Crippen molar-refractivity contribution < 1.29 is 34.5 Å². The van der Waals surface area contributed by atoms with E-state index in [-0.39, 0.29) is 25.0 Å². The zero-order valence-electron chi connectivity index (χ0n) is 14.9. The maximum atomic E-state index is 10.3. The predicted molar refractivity (Wildman–Crippen MR) is 101 cm³/mol. The fourth-order valence-corrected chi connectivity index (χ4v) is 1.37. The van der Waals surface area contributed by atoms with Crippen LogP contribution in [-0.2, 0) is 25.6 Å². The van der Waals surface area contributed by atoms with Crippen LogP contribution >= 0.6 is 12.6 Å². The van der Waals surface area contributed by atoms with E-state index in [1.165, 1.54) is 6.33 Å². The fourth-order valence-electron chi connectivity index (χ4n) is 1.21. The van der Waals surface area contributed by atoms with Crippen LogP contribution in [0.25, 0.3) is 0 Å². The lowest BCUT2D eigenvalue weighted by molar-refractivity contribution is -0.139. The normalized spacial score (nSPS) is 12.9. The van der Waals surface area contributed by atoms with Gasteiger partial charge in [0, 0.05) is 24.8 Å². The number of aromatic nitrogens is 2. The summed E-state index contributed by atoms with van der Waals surface area (Å²) in [5.74, 6) is -3.46. The summed E-state index contributed by atoms with van der Waals surface area (Å²) >= 11 is 3.65. The number of carbonyl (C=O) groups excluding carboxylic acids is 1. The minimum absolute atomic E-state index is 0.0213. The van der Waals surface area contributed by atoms with Crippen molar-refractivity contribution in [1.29, 1.82) is 0 Å². The van der Waals surface area contributed by atoms with Gasteiger partial charge in [-0.15, -0.1) is 0 Å². The van der Waals surface area contributed by atoms with Crippen LogP contribution < -0.4 is 22.9 Å². The molecule has 1 heterocycles. The van der Waals surface area contributed by atoms with Gasteiger partial charge in [-0.05, 0) is 6.42 Å². The Morgan fingerprint density at radius 1 is 1.00 bits per heavy atom. The predicted octanol–water partition coefficient (Wildman–Crippen LogP) is -2.64. The molecule has 0 saturated heterocycles. The van der Waals surface area contributed by atoms with E-state index in [1.54, 1.807) is 6.20 Å². The number of hydrogen-bond acceptors (Lipinski definition) is 9. The van der Waals surface area contributed by atoms with E-state index < -0.39 is 41.9 Å². The van der Waals surface area contributed by atoms with Crippen molar-refractivity contribution in [2.45, 2.75) is 37.4 Å². The Kier molecular flexibility index (Phi) is 15.1. The maximum absolute atomic E-state index is 10.3. The number of H-pyrrole nitrogens is 1. The monoisotopic (exact) mass is 422 g/mol. The van der Waals surface area contributed by atoms with Gasteiger partial charge in [0.2, 0.25) is 5.91 Å². The molecule has 0 aliphatic carbocycles. The molecule has 0 spiro atoms. The molecule has 160 valence electrons. The molecular formula is C14H26N6O7S. The fraction of sp³-hybridized carbons (Fsp3) is 0.500. The third-order valence-corrected chi connectivity index (χ3v) is 3.23. The number of carbonyl (C=O) groups is 4. The van der Waals surface area contributed by atoms with E-state index in [2.05, 4.69) is 22.6 Å². The van der Waals surface area contributed by atoms with Gasteiger partial charge in [-0.25, -0.2) is 4.98 Å². The first-order valence-corrected chi connectivity index (χ1v) is 8.37. The minimum atomic E-state index is -1.11. The smallest absolute Gasteiger partial charge is 0.321 e. The highest BCUT2D eigenvalue weighted by molar-refractivity contribution is 7.80. The first-order chi connectivity index (χ1) is 12.9. The van der Waals surface area contributed by atoms with Gasteiger partial charge in [-0.2, -0.15) is 12.6 Å². The summed E-state index contributed by atoms with van der Waals surface area (Å²) in [6.45, 7) is 0. The second-order valence-electron chi connectivity index (χ2n) is 5.29. The summed E-state index contributed by atoms with van der Waals surface area (Å²) in [7, 11) is 0. The highest BCUT2D eigenvalue weighted by atomic mass is 32.1. The number of imidazole rings is 1. The molecule has 0 aromatic carbocycles. The molecule has 1 aromatic rings. The van der Waals surface area contributed by atoms with E-state index >= 15 is 0 Å². The number of carboxylic acids is 3. The zero-order valence-corrected chi connectivity index (χ0v) is 15.8. The van der Waals surface area contributed by atoms with Crippen molar-refractivity contribution in [2.24, 2.45) is 22.9 Å². The molecule has 1 amide bonds. The molecular weight excluding hydrogens is 396 g/mol. The number of nitrogens with zero attached hydrogens (tertiary/aromatic N) is 1. The molecule has 3 unspecified atom stereocenters. The SMILES string of the molecule is NC(=O)CCC(N)C(=O)O.NC(CS)C(=O)O.NC(Cc1c[nH]cn1)C(=O)O. The molecule has 3 atom stereocenters. The van der Waals surface area contributed by atoms with Crippen molar-refractivity contribution in [3.05, 3.63) is 18.2 Å². The maximum Gasteiger partial charge on any atom is 0.321 e. The Labute approximate surface area is 165 Å². The lowest BCUT2D eigenvalue weighted by atomic mass is 10.2. The van der Waals surface area contributed by atoms with Crippen molar-refractivity contribution >= 4 is 36.4 Å². The van der Waals surface area contributed by atoms with Crippen LogP contribution in [0.3, 0.4) is 0 Å². The Hall–Kier alpha value is -2.68. The number of amides is 1. The topological polar surface area (TPSA) is 262 Å². The van der Waals surface area contributed by atoms with Gasteiger partial charge in [0.15, 0.2) is 0 Å². The van der Waals surface area contributed by atoms with E-state index in [4.69, 9.17) is 38.3 Å². The molecule has 0 saturated carbocycles. The second kappa shape index (κ2) is 15.4. The van der Waals surface area contributed by atoms with Gasteiger partial charge in [0.1, 0.15) is 18.1 Å². The number of nitrogens with one attached hydrogen (secondary N) is 1. The van der Waals surface area contributed by atoms with Gasteiger partial charge >= 0.3 is 17.9 Å². The van der Waals surface area contributed by atoms with Crippen molar-refractivity contribution in [3.8, 4) is 0 Å². The van der Waals surface area contributed by atoms with Crippen LogP contribution in [0, 0.1) is 0 Å². The largest absolute Gasteiger partial charge is 0.480 e. The quantitative estimate of drug-likeness (QED) is 0.185. The second-order valence-corrected chi connectivity index (χ2v) is 5.65. The van der Waals surface area contributed by atoms with Gasteiger partial charge in [-0.3, -0.25) is 19.2 Å². The number of rotatable bonds is 9. The standard InChI is InChI=1S/C6H9N3O2.C5H10N2O3.C3H7NO2S/c7-5(6(10)11)1-4-2-8-3-9-4;6-3(5(9)10)1-2-4(7)8;4-2(1-7)3(5)6/h2-3,5H,1,7H2,(H,8,9)(H,10,11);3H,1-2,6H2,(H2,7,8)(H,9,10);2,7H,1,4H2,(H,5,6). The van der Waals surface area contributed by atoms with Crippen molar-refractivity contribution in [3.63, 3.8) is 0 Å². The van der Waals surface area contributed by atoms with Crippen LogP contribution in [0.2, 0.25) is 0 Å². The molecule has 14 heteroatoms. The lowest BCUT2D eigenvalue weighted by Gasteiger charge is -2.01. The Bertz CT molecular complexity index is 613. The molecule has 1 rings (SSSR count). The van der Waals surface area contributed by atoms with Gasteiger partial charge in [-0.1, -0.05) is 0 Å². The van der Waals surface area contributed by atoms with Gasteiger partial charge in [0.05, 0.1) is 12.0 Å². The minimum Gasteiger partial charge on any atom is -0.480 e. The van der Waals surface area contributed by atoms with E-state index in [0.717, 1.165) is 0 Å². The van der Waals surface area contributed by atoms with Gasteiger partial charge in [0.25, 0.3) is 0 Å². The number of hydrogen-bond donors (Lipinski definition) is 9. The van der Waals surface area contributed by atoms with E-state index in [0.29, 0.717) is 5.69 Å². The molecule has 0 fully saturated rings. The molecule has 0 aliphatic heterocycles. The first-order valence-electron chi connectivity index (χ1n) is 7.74. The van der Waals surface area contributed by atoms with Crippen LogP contribution in [-0.4, -0.2) is 73.0 Å². The average molecular weight is 422 g/mol. The summed E-state index contributed by atoms with van der Waals surface area (Å²) < 4.78 is 0. The Morgan fingerprint density at radius 2 is 1.50 bits per heavy atom. The van der Waals surface area contributed by atoms with E-state index in [9.17, 15) is 19.2 Å². The van der Waals surface area contributed by atoms with Crippen LogP contribution in [0.5, 0.6) is 0 Å². The molecule has 13 nitrogen and oxygen atoms in total. The molecule has 28 heavy (non-hydrogen) atoms. The molecule has 0 radical (unpaired) electrons. The number of primary amides is 1. The zero-order chi connectivity index (χ0) is 22.3. The van der Waals surface area contributed by atoms with Crippen molar-refractivity contribution in [1.82, 2.24) is 9.97 Å². The summed E-state index contributed by atoms with van der Waals surface area (Å²) in [6, 6.07) is -2.66. The van der Waals surface area contributed by atoms with Crippen LogP contribution in [0.4, 0.5) is 0 Å². The molecule has 0 aliphatic rings. The highest BCUT2D eigenvalue weighted by Gasteiger charge is 2.12. The molecule has 1 aromatic heterocycles. The molecule has 0 bridgehead atoms. The summed E-state index contributed by atoms with van der Waals surface area (Å²) in [5, 5.41) is 24.6. The third kappa shape index (κ3) is 15.6. The lowest BCUT2D eigenvalue weighted by Crippen LogP contribution is -2.32. The number of aromatic amines is 1. The number of aliphatic carboxylic acids is 3. The summed E-state index contributed by atoms with van der Waals surface area (Å²) in [6.07, 6.45) is 3.50. The van der Waals surface area contributed by atoms with Crippen molar-refractivity contribution in [2.75, 3.05) is 5.75 Å². The van der Waals surface area contributed by atoms with E-state index in [1.807, 2.05) is 0 Å². The Morgan fingerprint density at radius 3 is 1.79 bits per heavy atom.